The lowest BCUT2D eigenvalue weighted by Gasteiger charge is -2.26. The van der Waals surface area contributed by atoms with Gasteiger partial charge in [0.2, 0.25) is 12.1 Å². The van der Waals surface area contributed by atoms with E-state index >= 15 is 0 Å². The molecule has 2 amide bonds. The van der Waals surface area contributed by atoms with Crippen LogP contribution in [-0.4, -0.2) is 54.7 Å². The van der Waals surface area contributed by atoms with Crippen molar-refractivity contribution in [3.8, 4) is 0 Å². The van der Waals surface area contributed by atoms with E-state index in [9.17, 15) is 14.7 Å². The third-order valence-electron chi connectivity index (χ3n) is 6.72. The van der Waals surface area contributed by atoms with Gasteiger partial charge in [0, 0.05) is 18.2 Å². The summed E-state index contributed by atoms with van der Waals surface area (Å²) in [7, 11) is 1.68. The molecule has 1 heterocycles. The van der Waals surface area contributed by atoms with Crippen LogP contribution in [0, 0.1) is 5.92 Å². The first-order valence-electron chi connectivity index (χ1n) is 12.1. The van der Waals surface area contributed by atoms with Gasteiger partial charge in [0.25, 0.3) is 5.91 Å². The van der Waals surface area contributed by atoms with Crippen molar-refractivity contribution in [1.82, 2.24) is 5.32 Å². The third kappa shape index (κ3) is 5.37. The number of hydrogen-bond acceptors (Lipinski definition) is 5. The molecule has 2 aliphatic rings. The highest BCUT2D eigenvalue weighted by atomic mass is 16.5. The van der Waals surface area contributed by atoms with Crippen molar-refractivity contribution in [3.63, 3.8) is 0 Å². The molecule has 2 N–H and O–H groups in total. The van der Waals surface area contributed by atoms with E-state index in [-0.39, 0.29) is 18.6 Å². The Morgan fingerprint density at radius 3 is 2.53 bits per heavy atom. The summed E-state index contributed by atoms with van der Waals surface area (Å²) in [6, 6.07) is 17.2. The molecule has 34 heavy (non-hydrogen) atoms. The minimum Gasteiger partial charge on any atom is -0.390 e. The molecule has 1 aliphatic heterocycles. The number of benzodiazepines with no additional fused rings is 1. The van der Waals surface area contributed by atoms with Crippen LogP contribution in [0.3, 0.4) is 0 Å². The maximum atomic E-state index is 13.3. The van der Waals surface area contributed by atoms with Crippen LogP contribution in [0.25, 0.3) is 0 Å². The van der Waals surface area contributed by atoms with Crippen molar-refractivity contribution in [2.24, 2.45) is 10.9 Å². The summed E-state index contributed by atoms with van der Waals surface area (Å²) in [5.41, 5.74) is 3.02. The van der Waals surface area contributed by atoms with E-state index in [4.69, 9.17) is 9.73 Å². The Morgan fingerprint density at radius 2 is 1.79 bits per heavy atom. The highest BCUT2D eigenvalue weighted by molar-refractivity contribution is 6.20. The number of carbonyl (C=O) groups is 2. The van der Waals surface area contributed by atoms with Gasteiger partial charge < -0.3 is 20.1 Å². The molecule has 0 spiro atoms. The SMILES string of the molecule is C[C@@H](C(=O)NC1N=C(c2ccccc2)c2ccccc2N(C)C1=O)[C@H](O)COC1CCCCC1. The number of para-hydroxylation sites is 1. The van der Waals surface area contributed by atoms with Gasteiger partial charge in [-0.2, -0.15) is 0 Å². The smallest absolute Gasteiger partial charge is 0.272 e. The van der Waals surface area contributed by atoms with Gasteiger partial charge >= 0.3 is 0 Å². The van der Waals surface area contributed by atoms with Gasteiger partial charge in [0.1, 0.15) is 0 Å². The predicted molar refractivity (Wildman–Crippen MR) is 132 cm³/mol. The Labute approximate surface area is 200 Å². The van der Waals surface area contributed by atoms with Gasteiger partial charge in [-0.1, -0.05) is 74.7 Å². The summed E-state index contributed by atoms with van der Waals surface area (Å²) in [4.78, 5) is 32.5. The number of anilines is 1. The number of nitrogens with zero attached hydrogens (tertiary/aromatic N) is 2. The van der Waals surface area contributed by atoms with E-state index in [1.54, 1.807) is 14.0 Å². The number of aliphatic imine (C=N–C) groups is 1. The van der Waals surface area contributed by atoms with Crippen LogP contribution in [0.5, 0.6) is 0 Å². The van der Waals surface area contributed by atoms with Crippen molar-refractivity contribution in [2.45, 2.75) is 57.4 Å². The third-order valence-corrected chi connectivity index (χ3v) is 6.72. The summed E-state index contributed by atoms with van der Waals surface area (Å²) >= 11 is 0. The second-order valence-corrected chi connectivity index (χ2v) is 9.12. The molecular formula is C27H33N3O4. The number of fused-ring (bicyclic) bond motifs is 1. The number of nitrogens with one attached hydrogen (secondary N) is 1. The van der Waals surface area contributed by atoms with Crippen LogP contribution in [0.15, 0.2) is 59.6 Å². The Kier molecular flexibility index (Phi) is 7.75. The first-order valence-corrected chi connectivity index (χ1v) is 12.1. The van der Waals surface area contributed by atoms with Gasteiger partial charge in [-0.3, -0.25) is 9.59 Å². The maximum absolute atomic E-state index is 13.3. The highest BCUT2D eigenvalue weighted by Crippen LogP contribution is 2.27. The summed E-state index contributed by atoms with van der Waals surface area (Å²) in [6.07, 6.45) is 3.56. The lowest BCUT2D eigenvalue weighted by Crippen LogP contribution is -2.49. The van der Waals surface area contributed by atoms with Gasteiger partial charge in [0.15, 0.2) is 0 Å². The lowest BCUT2D eigenvalue weighted by atomic mass is 9.97. The number of aliphatic hydroxyl groups is 1. The van der Waals surface area contributed by atoms with Crippen molar-refractivity contribution in [1.29, 1.82) is 0 Å². The molecule has 180 valence electrons. The van der Waals surface area contributed by atoms with E-state index < -0.39 is 24.1 Å². The van der Waals surface area contributed by atoms with E-state index in [1.807, 2.05) is 54.6 Å². The summed E-state index contributed by atoms with van der Waals surface area (Å²) in [6.45, 7) is 1.74. The number of ether oxygens (including phenoxy) is 1. The number of likely N-dealkylation sites (N-methyl/N-ethyl adjacent to an activating group) is 1. The van der Waals surface area contributed by atoms with Crippen LogP contribution in [0.4, 0.5) is 5.69 Å². The molecule has 7 heteroatoms. The number of rotatable bonds is 7. The standard InChI is InChI=1S/C27H33N3O4/c1-18(23(31)17-34-20-13-7-4-8-14-20)26(32)29-25-27(33)30(2)22-16-10-9-15-21(22)24(28-25)19-11-5-3-6-12-19/h3,5-6,9-12,15-16,18,20,23,25,31H,4,7-8,13-14,17H2,1-2H3,(H,29,32)/t18-,23-,25?/m1/s1. The van der Waals surface area contributed by atoms with Gasteiger partial charge in [-0.05, 0) is 18.9 Å². The summed E-state index contributed by atoms with van der Waals surface area (Å²) < 4.78 is 5.85. The average molecular weight is 464 g/mol. The van der Waals surface area contributed by atoms with Crippen molar-refractivity contribution < 1.29 is 19.4 Å². The highest BCUT2D eigenvalue weighted by Gasteiger charge is 2.33. The molecule has 0 bridgehead atoms. The normalized spacial score (nSPS) is 20.7. The lowest BCUT2D eigenvalue weighted by molar-refractivity contribution is -0.134. The minimum atomic E-state index is -1.10. The second-order valence-electron chi connectivity index (χ2n) is 9.12. The Hall–Kier alpha value is -3.03. The van der Waals surface area contributed by atoms with E-state index in [0.29, 0.717) is 5.71 Å². The maximum Gasteiger partial charge on any atom is 0.272 e. The summed E-state index contributed by atoms with van der Waals surface area (Å²) in [5.74, 6) is -1.52. The zero-order chi connectivity index (χ0) is 24.1. The molecule has 1 fully saturated rings. The van der Waals surface area contributed by atoms with Crippen molar-refractivity contribution in [2.75, 3.05) is 18.6 Å². The molecule has 1 saturated carbocycles. The van der Waals surface area contributed by atoms with Gasteiger partial charge in [0.05, 0.1) is 36.1 Å². The minimum absolute atomic E-state index is 0.0990. The van der Waals surface area contributed by atoms with Crippen molar-refractivity contribution >= 4 is 23.2 Å². The number of aliphatic hydroxyl groups excluding tert-OH is 1. The zero-order valence-corrected chi connectivity index (χ0v) is 19.8. The quantitative estimate of drug-likeness (QED) is 0.659. The Morgan fingerprint density at radius 1 is 1.12 bits per heavy atom. The monoisotopic (exact) mass is 463 g/mol. The van der Waals surface area contributed by atoms with E-state index in [0.717, 1.165) is 42.5 Å². The largest absolute Gasteiger partial charge is 0.390 e. The summed E-state index contributed by atoms with van der Waals surface area (Å²) in [5, 5.41) is 13.3. The van der Waals surface area contributed by atoms with E-state index in [2.05, 4.69) is 5.32 Å². The van der Waals surface area contributed by atoms with Crippen LogP contribution < -0.4 is 10.2 Å². The van der Waals surface area contributed by atoms with Crippen molar-refractivity contribution in [3.05, 3.63) is 65.7 Å². The molecule has 4 rings (SSSR count). The molecule has 2 aromatic carbocycles. The fourth-order valence-corrected chi connectivity index (χ4v) is 4.49. The Bertz CT molecular complexity index is 1030. The average Bonchev–Trinajstić information content (AvgIpc) is 2.98. The molecule has 0 saturated heterocycles. The molecule has 7 nitrogen and oxygen atoms in total. The topological polar surface area (TPSA) is 91.2 Å². The predicted octanol–water partition coefficient (Wildman–Crippen LogP) is 3.29. The van der Waals surface area contributed by atoms with E-state index in [1.165, 1.54) is 11.3 Å². The van der Waals surface area contributed by atoms with Crippen LogP contribution in [0.2, 0.25) is 0 Å². The fraction of sp³-hybridized carbons (Fsp3) is 0.444. The first kappa shape index (κ1) is 24.1. The molecule has 0 radical (unpaired) electrons. The second kappa shape index (κ2) is 10.9. The van der Waals surface area contributed by atoms with Gasteiger partial charge in [-0.15, -0.1) is 0 Å². The zero-order valence-electron chi connectivity index (χ0n) is 19.8. The first-order chi connectivity index (χ1) is 16.5. The molecule has 3 atom stereocenters. The number of amides is 2. The molecule has 1 unspecified atom stereocenters. The number of benzene rings is 2. The molecule has 0 aromatic heterocycles. The van der Waals surface area contributed by atoms with Crippen LogP contribution in [-0.2, 0) is 14.3 Å². The van der Waals surface area contributed by atoms with Gasteiger partial charge in [-0.25, -0.2) is 4.99 Å². The Balaban J connectivity index is 1.52. The number of hydrogen-bond donors (Lipinski definition) is 2. The molecule has 1 aliphatic carbocycles. The fourth-order valence-electron chi connectivity index (χ4n) is 4.49. The molecular weight excluding hydrogens is 430 g/mol. The van der Waals surface area contributed by atoms with Crippen LogP contribution >= 0.6 is 0 Å². The number of carbonyl (C=O) groups excluding carboxylic acids is 2. The van der Waals surface area contributed by atoms with Crippen LogP contribution in [0.1, 0.15) is 50.2 Å². The molecule has 2 aromatic rings.